The topological polar surface area (TPSA) is 87.1 Å². The second-order valence-electron chi connectivity index (χ2n) is 10.9. The van der Waals surface area contributed by atoms with Gasteiger partial charge in [-0.25, -0.2) is 0 Å². The van der Waals surface area contributed by atoms with Gasteiger partial charge in [-0.1, -0.05) is 43.2 Å². The summed E-state index contributed by atoms with van der Waals surface area (Å²) in [5, 5.41) is 20.4. The predicted octanol–water partition coefficient (Wildman–Crippen LogP) is 5.49. The summed E-state index contributed by atoms with van der Waals surface area (Å²) < 4.78 is 6.29. The van der Waals surface area contributed by atoms with Gasteiger partial charge in [0.25, 0.3) is 0 Å². The molecule has 0 aromatic heterocycles. The van der Waals surface area contributed by atoms with Crippen LogP contribution in [0.4, 0.5) is 5.69 Å². The Balaban J connectivity index is 1.37. The van der Waals surface area contributed by atoms with Crippen LogP contribution in [0, 0.1) is 31.6 Å². The van der Waals surface area contributed by atoms with E-state index in [9.17, 15) is 19.8 Å². The summed E-state index contributed by atoms with van der Waals surface area (Å²) >= 11 is 0. The highest BCUT2D eigenvalue weighted by atomic mass is 16.5. The molecule has 0 unspecified atom stereocenters. The highest BCUT2D eigenvalue weighted by molar-refractivity contribution is 6.22. The standard InChI is InChI=1S/C32H37NO5/c1-4-8-21(15-22-13-19(2)30(35)20(3)14-22)11-12-27-28-23(17-34)16-25-29(26(28)18-38-27)32(37)33(31(25)36)24-9-6-5-7-10-24/h5-7,9-10,13-15,25-27,29,34-35H,4,8,11-12,16-18H2,1-3H3/b21-15+/t25-,26+,27-,29-/m1/s1. The number of hydrogen-bond acceptors (Lipinski definition) is 5. The average Bonchev–Trinajstić information content (AvgIpc) is 3.44. The van der Waals surface area contributed by atoms with Crippen molar-refractivity contribution in [2.24, 2.45) is 17.8 Å². The number of nitrogens with zero attached hydrogens (tertiary/aromatic N) is 1. The van der Waals surface area contributed by atoms with E-state index in [1.54, 1.807) is 12.1 Å². The summed E-state index contributed by atoms with van der Waals surface area (Å²) in [5.74, 6) is -1.04. The quantitative estimate of drug-likeness (QED) is 0.359. The van der Waals surface area contributed by atoms with E-state index in [1.807, 2.05) is 44.2 Å². The molecule has 6 nitrogen and oxygen atoms in total. The molecular formula is C32H37NO5. The predicted molar refractivity (Wildman–Crippen MR) is 148 cm³/mol. The van der Waals surface area contributed by atoms with Gasteiger partial charge >= 0.3 is 0 Å². The summed E-state index contributed by atoms with van der Waals surface area (Å²) in [6.45, 7) is 6.27. The minimum Gasteiger partial charge on any atom is -0.507 e. The van der Waals surface area contributed by atoms with Crippen molar-refractivity contribution in [2.75, 3.05) is 18.1 Å². The molecule has 200 valence electrons. The lowest BCUT2D eigenvalue weighted by Crippen LogP contribution is -2.35. The lowest BCUT2D eigenvalue weighted by Gasteiger charge is -2.31. The van der Waals surface area contributed by atoms with E-state index in [-0.39, 0.29) is 30.4 Å². The molecule has 0 radical (unpaired) electrons. The third-order valence-electron chi connectivity index (χ3n) is 8.40. The Labute approximate surface area is 224 Å². The minimum atomic E-state index is -0.447. The number of aromatic hydroxyl groups is 1. The number of imide groups is 1. The van der Waals surface area contributed by atoms with Crippen LogP contribution in [-0.2, 0) is 14.3 Å². The number of phenols is 1. The second kappa shape index (κ2) is 10.9. The molecular weight excluding hydrogens is 478 g/mol. The first-order chi connectivity index (χ1) is 18.3. The van der Waals surface area contributed by atoms with Crippen LogP contribution in [0.2, 0.25) is 0 Å². The first-order valence-corrected chi connectivity index (χ1v) is 13.7. The number of fused-ring (bicyclic) bond motifs is 3. The maximum absolute atomic E-state index is 13.6. The molecule has 2 N–H and O–H groups in total. The largest absolute Gasteiger partial charge is 0.507 e. The fourth-order valence-corrected chi connectivity index (χ4v) is 6.67. The number of hydrogen-bond donors (Lipinski definition) is 2. The van der Waals surface area contributed by atoms with Gasteiger partial charge in [0.05, 0.1) is 36.8 Å². The van der Waals surface area contributed by atoms with Crippen molar-refractivity contribution in [1.29, 1.82) is 0 Å². The highest BCUT2D eigenvalue weighted by Crippen LogP contribution is 2.50. The molecule has 0 spiro atoms. The summed E-state index contributed by atoms with van der Waals surface area (Å²) in [6, 6.07) is 13.1. The fourth-order valence-electron chi connectivity index (χ4n) is 6.67. The summed E-state index contributed by atoms with van der Waals surface area (Å²) in [4.78, 5) is 28.3. The average molecular weight is 516 g/mol. The molecule has 38 heavy (non-hydrogen) atoms. The molecule has 4 atom stereocenters. The Bertz CT molecular complexity index is 1270. The van der Waals surface area contributed by atoms with Gasteiger partial charge in [-0.2, -0.15) is 0 Å². The van der Waals surface area contributed by atoms with Crippen LogP contribution in [0.3, 0.4) is 0 Å². The Morgan fingerprint density at radius 2 is 1.76 bits per heavy atom. The molecule has 0 saturated carbocycles. The Kier molecular flexibility index (Phi) is 7.55. The lowest BCUT2D eigenvalue weighted by molar-refractivity contribution is -0.122. The zero-order valence-electron chi connectivity index (χ0n) is 22.4. The number of aryl methyl sites for hydroxylation is 2. The molecule has 2 aromatic carbocycles. The van der Waals surface area contributed by atoms with Crippen molar-refractivity contribution in [2.45, 2.75) is 59.0 Å². The normalized spacial score (nSPS) is 25.3. The smallest absolute Gasteiger partial charge is 0.238 e. The monoisotopic (exact) mass is 515 g/mol. The molecule has 2 aromatic rings. The van der Waals surface area contributed by atoms with Crippen molar-refractivity contribution < 1.29 is 24.5 Å². The molecule has 1 aliphatic carbocycles. The maximum Gasteiger partial charge on any atom is 0.238 e. The number of para-hydroxylation sites is 1. The van der Waals surface area contributed by atoms with Gasteiger partial charge in [-0.05, 0) is 91.6 Å². The van der Waals surface area contributed by atoms with Crippen LogP contribution >= 0.6 is 0 Å². The Morgan fingerprint density at radius 1 is 1.05 bits per heavy atom. The van der Waals surface area contributed by atoms with Crippen molar-refractivity contribution in [3.63, 3.8) is 0 Å². The number of carbonyl (C=O) groups is 2. The van der Waals surface area contributed by atoms with E-state index in [4.69, 9.17) is 4.74 Å². The summed E-state index contributed by atoms with van der Waals surface area (Å²) in [6.07, 6.45) is 6.04. The molecule has 2 heterocycles. The molecule has 3 aliphatic rings. The zero-order valence-corrected chi connectivity index (χ0v) is 22.4. The Morgan fingerprint density at radius 3 is 2.42 bits per heavy atom. The van der Waals surface area contributed by atoms with E-state index in [0.717, 1.165) is 53.5 Å². The van der Waals surface area contributed by atoms with Crippen molar-refractivity contribution in [3.05, 3.63) is 75.9 Å². The Hall–Kier alpha value is -3.22. The molecule has 5 rings (SSSR count). The van der Waals surface area contributed by atoms with Gasteiger partial charge in [0, 0.05) is 5.92 Å². The molecule has 2 aliphatic heterocycles. The van der Waals surface area contributed by atoms with Gasteiger partial charge in [-0.15, -0.1) is 0 Å². The molecule has 2 fully saturated rings. The van der Waals surface area contributed by atoms with E-state index >= 15 is 0 Å². The lowest BCUT2D eigenvalue weighted by atomic mass is 9.69. The highest BCUT2D eigenvalue weighted by Gasteiger charge is 2.57. The van der Waals surface area contributed by atoms with Gasteiger partial charge in [0.1, 0.15) is 5.75 Å². The van der Waals surface area contributed by atoms with Gasteiger partial charge < -0.3 is 14.9 Å². The van der Waals surface area contributed by atoms with Gasteiger partial charge in [0.15, 0.2) is 0 Å². The van der Waals surface area contributed by atoms with Crippen molar-refractivity contribution >= 4 is 23.6 Å². The maximum atomic E-state index is 13.6. The third kappa shape index (κ3) is 4.72. The fraction of sp³-hybridized carbons (Fsp3) is 0.438. The number of ether oxygens (including phenoxy) is 1. The van der Waals surface area contributed by atoms with Crippen LogP contribution in [-0.4, -0.2) is 41.3 Å². The SMILES string of the molecule is CCC/C(=C\c1cc(C)c(O)c(C)c1)CC[C@H]1OC[C@H]2C1=C(CO)C[C@H]1C(=O)N(c3ccccc3)C(=O)[C@H]12. The van der Waals surface area contributed by atoms with E-state index < -0.39 is 11.8 Å². The van der Waals surface area contributed by atoms with E-state index in [2.05, 4.69) is 13.0 Å². The third-order valence-corrected chi connectivity index (χ3v) is 8.40. The van der Waals surface area contributed by atoms with Crippen molar-refractivity contribution in [1.82, 2.24) is 0 Å². The first kappa shape index (κ1) is 26.4. The van der Waals surface area contributed by atoms with Crippen LogP contribution in [0.15, 0.2) is 59.2 Å². The number of benzene rings is 2. The summed E-state index contributed by atoms with van der Waals surface area (Å²) in [7, 11) is 0. The number of anilines is 1. The number of aliphatic hydroxyl groups excluding tert-OH is 1. The molecule has 0 bridgehead atoms. The zero-order chi connectivity index (χ0) is 27.0. The first-order valence-electron chi connectivity index (χ1n) is 13.7. The van der Waals surface area contributed by atoms with E-state index in [1.165, 1.54) is 10.5 Å². The number of allylic oxidation sites excluding steroid dienone is 1. The number of carbonyl (C=O) groups excluding carboxylic acids is 2. The van der Waals surface area contributed by atoms with Crippen LogP contribution < -0.4 is 4.90 Å². The minimum absolute atomic E-state index is 0.120. The van der Waals surface area contributed by atoms with Crippen LogP contribution in [0.5, 0.6) is 5.75 Å². The summed E-state index contributed by atoms with van der Waals surface area (Å²) in [5.41, 5.74) is 6.63. The van der Waals surface area contributed by atoms with Crippen LogP contribution in [0.25, 0.3) is 6.08 Å². The molecule has 6 heteroatoms. The second-order valence-corrected chi connectivity index (χ2v) is 10.9. The molecule has 2 amide bonds. The number of rotatable bonds is 8. The van der Waals surface area contributed by atoms with Gasteiger partial charge in [0.2, 0.25) is 11.8 Å². The number of phenolic OH excluding ortho intramolecular Hbond substituents is 1. The number of aliphatic hydroxyl groups is 1. The molecule has 2 saturated heterocycles. The van der Waals surface area contributed by atoms with Gasteiger partial charge in [-0.3, -0.25) is 14.5 Å². The van der Waals surface area contributed by atoms with Crippen molar-refractivity contribution in [3.8, 4) is 5.75 Å². The number of amides is 2. The van der Waals surface area contributed by atoms with Crippen LogP contribution in [0.1, 0.15) is 55.7 Å². The van der Waals surface area contributed by atoms with E-state index in [0.29, 0.717) is 24.5 Å².